The van der Waals surface area contributed by atoms with E-state index in [1.54, 1.807) is 12.1 Å². The van der Waals surface area contributed by atoms with Crippen LogP contribution in [0.4, 0.5) is 10.5 Å². The van der Waals surface area contributed by atoms with Crippen LogP contribution < -0.4 is 15.0 Å². The van der Waals surface area contributed by atoms with Crippen LogP contribution in [0.5, 0.6) is 11.5 Å². The number of hydrogen-bond acceptors (Lipinski definition) is 5. The third kappa shape index (κ3) is 3.47. The number of anilines is 1. The number of aromatic hydroxyl groups is 1. The lowest BCUT2D eigenvalue weighted by Gasteiger charge is -2.27. The minimum absolute atomic E-state index is 0.0242. The Bertz CT molecular complexity index is 1000. The zero-order valence-electron chi connectivity index (χ0n) is 13.8. The molecular weight excluding hydrogens is 395 g/mol. The zero-order chi connectivity index (χ0) is 19.7. The van der Waals surface area contributed by atoms with Gasteiger partial charge in [0.05, 0.1) is 22.8 Å². The van der Waals surface area contributed by atoms with Gasteiger partial charge in [0.15, 0.2) is 11.5 Å². The Labute approximate surface area is 163 Å². The van der Waals surface area contributed by atoms with Gasteiger partial charge in [0.25, 0.3) is 11.8 Å². The predicted molar refractivity (Wildman–Crippen MR) is 100 cm³/mol. The number of phenols is 1. The van der Waals surface area contributed by atoms with E-state index in [9.17, 15) is 19.5 Å². The van der Waals surface area contributed by atoms with Gasteiger partial charge in [-0.2, -0.15) is 0 Å². The fraction of sp³-hybridized carbons (Fsp3) is 0.0556. The van der Waals surface area contributed by atoms with Crippen molar-refractivity contribution >= 4 is 52.8 Å². The first-order valence-electron chi connectivity index (χ1n) is 7.56. The number of hydrogen-bond donors (Lipinski definition) is 2. The molecular formula is C18H12Cl2N2O5. The number of methoxy groups -OCH3 is 1. The van der Waals surface area contributed by atoms with Crippen LogP contribution in [0.25, 0.3) is 6.08 Å². The second-order valence-corrected chi connectivity index (χ2v) is 6.28. The molecule has 27 heavy (non-hydrogen) atoms. The first-order valence-corrected chi connectivity index (χ1v) is 8.31. The molecule has 0 saturated carbocycles. The van der Waals surface area contributed by atoms with Crippen molar-refractivity contribution in [3.05, 3.63) is 57.6 Å². The number of phenolic OH excluding ortho intramolecular Hbond substituents is 1. The number of urea groups is 1. The Morgan fingerprint density at radius 3 is 2.48 bits per heavy atom. The third-order valence-corrected chi connectivity index (χ3v) is 4.38. The number of nitrogens with one attached hydrogen (secondary N) is 1. The molecule has 1 heterocycles. The van der Waals surface area contributed by atoms with E-state index in [-0.39, 0.29) is 32.8 Å². The number of nitrogens with zero attached hydrogens (tertiary/aromatic N) is 1. The monoisotopic (exact) mass is 406 g/mol. The summed E-state index contributed by atoms with van der Waals surface area (Å²) < 4.78 is 5.00. The molecule has 1 aliphatic rings. The van der Waals surface area contributed by atoms with Gasteiger partial charge >= 0.3 is 6.03 Å². The number of carbonyl (C=O) groups is 3. The predicted octanol–water partition coefficient (Wildman–Crippen LogP) is 3.37. The lowest BCUT2D eigenvalue weighted by Crippen LogP contribution is -2.54. The second kappa shape index (κ2) is 7.30. The zero-order valence-corrected chi connectivity index (χ0v) is 15.3. The van der Waals surface area contributed by atoms with Crippen molar-refractivity contribution in [3.8, 4) is 11.5 Å². The van der Waals surface area contributed by atoms with Gasteiger partial charge in [0, 0.05) is 0 Å². The topological polar surface area (TPSA) is 95.9 Å². The number of imide groups is 2. The molecule has 3 rings (SSSR count). The molecule has 0 radical (unpaired) electrons. The number of halogens is 2. The van der Waals surface area contributed by atoms with E-state index in [0.29, 0.717) is 5.56 Å². The summed E-state index contributed by atoms with van der Waals surface area (Å²) >= 11 is 12.0. The molecule has 7 nitrogen and oxygen atoms in total. The van der Waals surface area contributed by atoms with Crippen LogP contribution in [0.1, 0.15) is 5.56 Å². The summed E-state index contributed by atoms with van der Waals surface area (Å²) in [6, 6.07) is 8.08. The Balaban J connectivity index is 2.08. The summed E-state index contributed by atoms with van der Waals surface area (Å²) in [5.74, 6) is -1.91. The summed E-state index contributed by atoms with van der Waals surface area (Å²) in [6.45, 7) is 0. The Morgan fingerprint density at radius 2 is 1.81 bits per heavy atom. The minimum atomic E-state index is -0.906. The molecule has 0 aliphatic carbocycles. The highest BCUT2D eigenvalue weighted by atomic mass is 35.5. The first kappa shape index (κ1) is 18.8. The molecule has 1 aliphatic heterocycles. The fourth-order valence-electron chi connectivity index (χ4n) is 2.51. The largest absolute Gasteiger partial charge is 0.503 e. The average Bonchev–Trinajstić information content (AvgIpc) is 2.62. The van der Waals surface area contributed by atoms with Crippen molar-refractivity contribution in [2.24, 2.45) is 0 Å². The summed E-state index contributed by atoms with van der Waals surface area (Å²) in [5.41, 5.74) is 0.154. The number of ether oxygens (including phenoxy) is 1. The molecule has 4 amide bonds. The maximum atomic E-state index is 12.8. The van der Waals surface area contributed by atoms with E-state index in [4.69, 9.17) is 27.9 Å². The number of rotatable bonds is 3. The molecule has 138 valence electrons. The van der Waals surface area contributed by atoms with E-state index in [0.717, 1.165) is 4.90 Å². The molecule has 0 spiro atoms. The van der Waals surface area contributed by atoms with E-state index in [1.165, 1.54) is 37.5 Å². The summed E-state index contributed by atoms with van der Waals surface area (Å²) in [7, 11) is 1.33. The van der Waals surface area contributed by atoms with Gasteiger partial charge in [-0.05, 0) is 35.9 Å². The number of para-hydroxylation sites is 1. The van der Waals surface area contributed by atoms with Crippen molar-refractivity contribution in [2.45, 2.75) is 0 Å². The SMILES string of the molecule is COc1cc(C=C2C(=O)NC(=O)N(c3ccccc3Cl)C2=O)cc(Cl)c1O. The second-order valence-electron chi connectivity index (χ2n) is 5.46. The molecule has 0 bridgehead atoms. The number of amides is 4. The highest BCUT2D eigenvalue weighted by molar-refractivity contribution is 6.42. The minimum Gasteiger partial charge on any atom is -0.503 e. The van der Waals surface area contributed by atoms with Gasteiger partial charge in [0.2, 0.25) is 0 Å². The molecule has 1 fully saturated rings. The molecule has 9 heteroatoms. The maximum absolute atomic E-state index is 12.8. The molecule has 0 aromatic heterocycles. The highest BCUT2D eigenvalue weighted by Crippen LogP contribution is 2.36. The van der Waals surface area contributed by atoms with E-state index < -0.39 is 17.8 Å². The Morgan fingerprint density at radius 1 is 1.11 bits per heavy atom. The Kier molecular flexibility index (Phi) is 5.07. The highest BCUT2D eigenvalue weighted by Gasteiger charge is 2.37. The van der Waals surface area contributed by atoms with Crippen LogP contribution in [0.15, 0.2) is 42.0 Å². The van der Waals surface area contributed by atoms with Crippen LogP contribution >= 0.6 is 23.2 Å². The maximum Gasteiger partial charge on any atom is 0.335 e. The van der Waals surface area contributed by atoms with Gasteiger partial charge < -0.3 is 9.84 Å². The molecule has 0 atom stereocenters. The quantitative estimate of drug-likeness (QED) is 0.601. The van der Waals surface area contributed by atoms with Crippen LogP contribution in [-0.4, -0.2) is 30.1 Å². The van der Waals surface area contributed by atoms with Crippen LogP contribution in [0.3, 0.4) is 0 Å². The van der Waals surface area contributed by atoms with Gasteiger partial charge in [-0.3, -0.25) is 14.9 Å². The molecule has 2 aromatic rings. The van der Waals surface area contributed by atoms with Crippen LogP contribution in [-0.2, 0) is 9.59 Å². The van der Waals surface area contributed by atoms with Crippen molar-refractivity contribution in [2.75, 3.05) is 12.0 Å². The molecule has 2 N–H and O–H groups in total. The smallest absolute Gasteiger partial charge is 0.335 e. The summed E-state index contributed by atoms with van der Waals surface area (Å²) in [4.78, 5) is 38.0. The standard InChI is InChI=1S/C18H12Cl2N2O5/c1-27-14-8-9(7-12(20)15(14)23)6-10-16(24)21-18(26)22(17(10)25)13-5-3-2-4-11(13)19/h2-8,23H,1H3,(H,21,24,26). The number of barbiturate groups is 1. The van der Waals surface area contributed by atoms with Crippen molar-refractivity contribution in [1.29, 1.82) is 0 Å². The van der Waals surface area contributed by atoms with Crippen molar-refractivity contribution in [1.82, 2.24) is 5.32 Å². The van der Waals surface area contributed by atoms with E-state index in [2.05, 4.69) is 5.32 Å². The van der Waals surface area contributed by atoms with Gasteiger partial charge in [-0.25, -0.2) is 9.69 Å². The summed E-state index contributed by atoms with van der Waals surface area (Å²) in [5, 5.41) is 12.0. The third-order valence-electron chi connectivity index (χ3n) is 3.78. The van der Waals surface area contributed by atoms with Crippen molar-refractivity contribution in [3.63, 3.8) is 0 Å². The number of benzene rings is 2. The lowest BCUT2D eigenvalue weighted by atomic mass is 10.1. The van der Waals surface area contributed by atoms with Crippen molar-refractivity contribution < 1.29 is 24.2 Å². The Hall–Kier alpha value is -3.03. The lowest BCUT2D eigenvalue weighted by molar-refractivity contribution is -0.122. The van der Waals surface area contributed by atoms with E-state index >= 15 is 0 Å². The number of carbonyl (C=O) groups excluding carboxylic acids is 3. The fourth-order valence-corrected chi connectivity index (χ4v) is 2.95. The normalized spacial score (nSPS) is 15.9. The van der Waals surface area contributed by atoms with Gasteiger partial charge in [-0.1, -0.05) is 35.3 Å². The summed E-state index contributed by atoms with van der Waals surface area (Å²) in [6.07, 6.45) is 1.24. The molecule has 2 aromatic carbocycles. The molecule has 0 unspecified atom stereocenters. The average molecular weight is 407 g/mol. The van der Waals surface area contributed by atoms with E-state index in [1.807, 2.05) is 0 Å². The van der Waals surface area contributed by atoms with Crippen LogP contribution in [0.2, 0.25) is 10.0 Å². The molecule has 1 saturated heterocycles. The van der Waals surface area contributed by atoms with Gasteiger partial charge in [0.1, 0.15) is 5.57 Å². The van der Waals surface area contributed by atoms with Crippen LogP contribution in [0, 0.1) is 0 Å². The first-order chi connectivity index (χ1) is 12.8. The van der Waals surface area contributed by atoms with Gasteiger partial charge in [-0.15, -0.1) is 0 Å².